The molecule has 0 amide bonds. The van der Waals surface area contributed by atoms with Crippen molar-refractivity contribution >= 4 is 12.2 Å². The highest BCUT2D eigenvalue weighted by atomic mass is 16.5. The molecule has 2 aromatic carbocycles. The van der Waals surface area contributed by atoms with Crippen molar-refractivity contribution in [1.29, 1.82) is 0 Å². The molecule has 0 fully saturated rings. The summed E-state index contributed by atoms with van der Waals surface area (Å²) in [5, 5.41) is 3.35. The van der Waals surface area contributed by atoms with Crippen LogP contribution in [0.3, 0.4) is 0 Å². The van der Waals surface area contributed by atoms with E-state index in [1.807, 2.05) is 6.92 Å². The Morgan fingerprint density at radius 1 is 0.750 bits per heavy atom. The highest BCUT2D eigenvalue weighted by Gasteiger charge is 2.21. The van der Waals surface area contributed by atoms with Crippen LogP contribution < -0.4 is 14.8 Å². The summed E-state index contributed by atoms with van der Waals surface area (Å²) in [5.74, 6) is 3.17. The monoisotopic (exact) mass is 375 g/mol. The van der Waals surface area contributed by atoms with Crippen LogP contribution in [0.5, 0.6) is 11.5 Å². The molecule has 0 radical (unpaired) electrons. The van der Waals surface area contributed by atoms with Crippen LogP contribution in [-0.2, 0) is 30.7 Å². The number of allylic oxidation sites excluding steroid dienone is 2. The average molecular weight is 375 g/mol. The third-order valence-corrected chi connectivity index (χ3v) is 5.71. The number of nitrogens with one attached hydrogen (secondary N) is 1. The van der Waals surface area contributed by atoms with Crippen molar-refractivity contribution in [3.05, 3.63) is 69.1 Å². The van der Waals surface area contributed by atoms with Crippen molar-refractivity contribution in [2.24, 2.45) is 0 Å². The molecule has 2 aromatic rings. The topological polar surface area (TPSA) is 39.7 Å². The van der Waals surface area contributed by atoms with E-state index in [1.54, 1.807) is 0 Å². The number of fused-ring (bicyclic) bond motifs is 6. The Kier molecular flexibility index (Phi) is 4.27. The van der Waals surface area contributed by atoms with E-state index in [0.717, 1.165) is 49.9 Å². The van der Waals surface area contributed by atoms with E-state index in [0.29, 0.717) is 6.61 Å². The molecule has 4 heteroatoms. The molecule has 0 aliphatic carbocycles. The SMILES string of the molecule is CC1=Cc2ccc3c(c2CN1)OCC3.CC1=Cc2ccc3c(c2CO1)OCC3. The van der Waals surface area contributed by atoms with E-state index in [9.17, 15) is 0 Å². The van der Waals surface area contributed by atoms with Crippen molar-refractivity contribution < 1.29 is 14.2 Å². The number of ether oxygens (including phenoxy) is 3. The van der Waals surface area contributed by atoms with Crippen molar-refractivity contribution in [3.8, 4) is 11.5 Å². The number of hydrogen-bond donors (Lipinski definition) is 1. The first-order valence-corrected chi connectivity index (χ1v) is 9.97. The van der Waals surface area contributed by atoms with Gasteiger partial charge in [0.25, 0.3) is 0 Å². The van der Waals surface area contributed by atoms with E-state index in [4.69, 9.17) is 14.2 Å². The zero-order valence-electron chi connectivity index (χ0n) is 16.4. The van der Waals surface area contributed by atoms with Gasteiger partial charge in [0.1, 0.15) is 18.1 Å². The van der Waals surface area contributed by atoms with Gasteiger partial charge in [0, 0.05) is 36.2 Å². The number of hydrogen-bond acceptors (Lipinski definition) is 4. The van der Waals surface area contributed by atoms with E-state index in [-0.39, 0.29) is 0 Å². The lowest BCUT2D eigenvalue weighted by atomic mass is 9.98. The molecule has 0 atom stereocenters. The van der Waals surface area contributed by atoms with Gasteiger partial charge in [-0.1, -0.05) is 24.3 Å². The van der Waals surface area contributed by atoms with Crippen molar-refractivity contribution in [2.75, 3.05) is 13.2 Å². The van der Waals surface area contributed by atoms with Gasteiger partial charge in [-0.05, 0) is 48.3 Å². The van der Waals surface area contributed by atoms with Crippen LogP contribution in [0.25, 0.3) is 12.2 Å². The standard InChI is InChI=1S/C12H13NO.C12H12O2/c1-8-6-10-3-2-9-4-5-14-12(9)11(10)7-13-8;1-8-6-10-3-2-9-4-5-13-12(9)11(10)7-14-8/h2-3,6,13H,4-5,7H2,1H3;2-3,6H,4-5,7H2,1H3. The van der Waals surface area contributed by atoms with Crippen LogP contribution in [0.4, 0.5) is 0 Å². The Morgan fingerprint density at radius 3 is 2.11 bits per heavy atom. The van der Waals surface area contributed by atoms with E-state index < -0.39 is 0 Å². The molecule has 4 aliphatic heterocycles. The molecular weight excluding hydrogens is 350 g/mol. The minimum atomic E-state index is 0.654. The van der Waals surface area contributed by atoms with Gasteiger partial charge in [0.15, 0.2) is 0 Å². The summed E-state index contributed by atoms with van der Waals surface area (Å²) in [7, 11) is 0. The molecule has 0 aromatic heterocycles. The minimum Gasteiger partial charge on any atom is -0.493 e. The van der Waals surface area contributed by atoms with Gasteiger partial charge < -0.3 is 19.5 Å². The maximum absolute atomic E-state index is 5.66. The van der Waals surface area contributed by atoms with Crippen LogP contribution in [0, 0.1) is 0 Å². The summed E-state index contributed by atoms with van der Waals surface area (Å²) in [6.07, 6.45) is 6.35. The minimum absolute atomic E-state index is 0.654. The maximum Gasteiger partial charge on any atom is 0.129 e. The molecule has 4 aliphatic rings. The molecule has 0 saturated carbocycles. The smallest absolute Gasteiger partial charge is 0.129 e. The average Bonchev–Trinajstić information content (AvgIpc) is 3.37. The second-order valence-corrected chi connectivity index (χ2v) is 7.66. The molecule has 0 unspecified atom stereocenters. The van der Waals surface area contributed by atoms with Gasteiger partial charge in [-0.2, -0.15) is 0 Å². The normalized spacial score (nSPS) is 17.6. The zero-order valence-corrected chi connectivity index (χ0v) is 16.4. The molecule has 6 rings (SSSR count). The Balaban J connectivity index is 0.000000122. The van der Waals surface area contributed by atoms with Crippen LogP contribution in [0.15, 0.2) is 35.7 Å². The van der Waals surface area contributed by atoms with Gasteiger partial charge in [0.2, 0.25) is 0 Å². The largest absolute Gasteiger partial charge is 0.493 e. The summed E-state index contributed by atoms with van der Waals surface area (Å²) in [6, 6.07) is 8.72. The van der Waals surface area contributed by atoms with Gasteiger partial charge in [-0.25, -0.2) is 0 Å². The van der Waals surface area contributed by atoms with Crippen molar-refractivity contribution in [3.63, 3.8) is 0 Å². The third-order valence-electron chi connectivity index (χ3n) is 5.71. The lowest BCUT2D eigenvalue weighted by molar-refractivity contribution is 0.195. The fourth-order valence-electron chi connectivity index (χ4n) is 4.22. The molecule has 1 N–H and O–H groups in total. The highest BCUT2D eigenvalue weighted by Crippen LogP contribution is 2.36. The number of rotatable bonds is 0. The fraction of sp³-hybridized carbons (Fsp3) is 0.333. The van der Waals surface area contributed by atoms with E-state index >= 15 is 0 Å². The lowest BCUT2D eigenvalue weighted by Gasteiger charge is -2.18. The van der Waals surface area contributed by atoms with E-state index in [1.165, 1.54) is 39.1 Å². The molecule has 144 valence electrons. The number of benzene rings is 2. The van der Waals surface area contributed by atoms with Crippen molar-refractivity contribution in [1.82, 2.24) is 5.32 Å². The summed E-state index contributed by atoms with van der Waals surface area (Å²) in [6.45, 7) is 7.29. The summed E-state index contributed by atoms with van der Waals surface area (Å²) >= 11 is 0. The fourth-order valence-corrected chi connectivity index (χ4v) is 4.22. The first-order valence-electron chi connectivity index (χ1n) is 9.97. The molecule has 28 heavy (non-hydrogen) atoms. The first kappa shape index (κ1) is 17.2. The third kappa shape index (κ3) is 3.03. The molecule has 4 nitrogen and oxygen atoms in total. The predicted molar refractivity (Wildman–Crippen MR) is 110 cm³/mol. The molecule has 4 heterocycles. The van der Waals surface area contributed by atoms with Gasteiger partial charge >= 0.3 is 0 Å². The molecular formula is C24H25NO3. The van der Waals surface area contributed by atoms with E-state index in [2.05, 4.69) is 48.7 Å². The second kappa shape index (κ2) is 6.93. The maximum atomic E-state index is 5.66. The predicted octanol–water partition coefficient (Wildman–Crippen LogP) is 4.60. The Labute approximate surface area is 165 Å². The summed E-state index contributed by atoms with van der Waals surface area (Å²) in [5.41, 5.74) is 9.00. The van der Waals surface area contributed by atoms with Gasteiger partial charge in [-0.15, -0.1) is 0 Å². The summed E-state index contributed by atoms with van der Waals surface area (Å²) < 4.78 is 16.8. The Hall–Kier alpha value is -2.88. The molecule has 0 bridgehead atoms. The Bertz CT molecular complexity index is 922. The quantitative estimate of drug-likeness (QED) is 0.731. The van der Waals surface area contributed by atoms with Gasteiger partial charge in [0.05, 0.1) is 19.0 Å². The first-order chi connectivity index (χ1) is 13.7. The van der Waals surface area contributed by atoms with Crippen LogP contribution in [-0.4, -0.2) is 13.2 Å². The van der Waals surface area contributed by atoms with Gasteiger partial charge in [-0.3, -0.25) is 0 Å². The zero-order chi connectivity index (χ0) is 19.1. The summed E-state index contributed by atoms with van der Waals surface area (Å²) in [4.78, 5) is 0. The molecule has 0 spiro atoms. The van der Waals surface area contributed by atoms with Crippen LogP contribution in [0.1, 0.15) is 47.2 Å². The molecule has 0 saturated heterocycles. The van der Waals surface area contributed by atoms with Crippen LogP contribution in [0.2, 0.25) is 0 Å². The second-order valence-electron chi connectivity index (χ2n) is 7.66. The lowest BCUT2D eigenvalue weighted by Crippen LogP contribution is -2.16. The Morgan fingerprint density at radius 2 is 1.39 bits per heavy atom. The van der Waals surface area contributed by atoms with Crippen LogP contribution >= 0.6 is 0 Å². The highest BCUT2D eigenvalue weighted by molar-refractivity contribution is 5.64. The van der Waals surface area contributed by atoms with Crippen molar-refractivity contribution in [2.45, 2.75) is 39.8 Å².